The molecule has 32 heavy (non-hydrogen) atoms. The third kappa shape index (κ3) is 3.94. The lowest BCUT2D eigenvalue weighted by molar-refractivity contribution is -0.137. The number of rotatable bonds is 4. The second-order valence-electron chi connectivity index (χ2n) is 7.35. The zero-order valence-corrected chi connectivity index (χ0v) is 16.8. The predicted molar refractivity (Wildman–Crippen MR) is 108 cm³/mol. The lowest BCUT2D eigenvalue weighted by Crippen LogP contribution is -2.43. The first-order chi connectivity index (χ1) is 15.2. The molecule has 0 spiro atoms. The van der Waals surface area contributed by atoms with Crippen LogP contribution in [0.15, 0.2) is 48.9 Å². The van der Waals surface area contributed by atoms with Gasteiger partial charge < -0.3 is 15.3 Å². The average molecular weight is 445 g/mol. The van der Waals surface area contributed by atoms with Crippen LogP contribution in [0, 0.1) is 0 Å². The number of fused-ring (bicyclic) bond motifs is 1. The summed E-state index contributed by atoms with van der Waals surface area (Å²) in [6.45, 7) is 1.72. The Morgan fingerprint density at radius 2 is 1.94 bits per heavy atom. The largest absolute Gasteiger partial charge is 0.416 e. The molecule has 3 heterocycles. The number of anilines is 2. The SMILES string of the molecule is CC1CN(c2ccc(C(F)(F)F)cc2)C(=O)c2c(C(=O)Nc3cncc(CO)c3)cnn21. The summed E-state index contributed by atoms with van der Waals surface area (Å²) in [4.78, 5) is 31.3. The number of aliphatic hydroxyl groups excluding tert-OH is 1. The molecule has 1 unspecified atom stereocenters. The molecule has 1 aromatic carbocycles. The summed E-state index contributed by atoms with van der Waals surface area (Å²) >= 11 is 0. The lowest BCUT2D eigenvalue weighted by atomic mass is 10.1. The van der Waals surface area contributed by atoms with Crippen LogP contribution in [0.3, 0.4) is 0 Å². The molecule has 2 aromatic heterocycles. The number of alkyl halides is 3. The summed E-state index contributed by atoms with van der Waals surface area (Å²) in [7, 11) is 0. The molecule has 0 radical (unpaired) electrons. The van der Waals surface area contributed by atoms with Gasteiger partial charge in [-0.2, -0.15) is 18.3 Å². The zero-order valence-electron chi connectivity index (χ0n) is 16.8. The number of aliphatic hydroxyl groups is 1. The minimum Gasteiger partial charge on any atom is -0.392 e. The van der Waals surface area contributed by atoms with E-state index < -0.39 is 23.6 Å². The molecule has 1 aliphatic rings. The Morgan fingerprint density at radius 3 is 2.59 bits per heavy atom. The number of hydrogen-bond donors (Lipinski definition) is 2. The number of benzene rings is 1. The smallest absolute Gasteiger partial charge is 0.392 e. The number of halogens is 3. The third-order valence-corrected chi connectivity index (χ3v) is 5.09. The van der Waals surface area contributed by atoms with E-state index in [9.17, 15) is 27.9 Å². The Morgan fingerprint density at radius 1 is 1.22 bits per heavy atom. The summed E-state index contributed by atoms with van der Waals surface area (Å²) in [5, 5.41) is 16.0. The number of hydrogen-bond acceptors (Lipinski definition) is 5. The quantitative estimate of drug-likeness (QED) is 0.642. The molecule has 4 rings (SSSR count). The first kappa shape index (κ1) is 21.5. The van der Waals surface area contributed by atoms with Crippen LogP contribution < -0.4 is 10.2 Å². The number of aromatic nitrogens is 3. The van der Waals surface area contributed by atoms with Crippen molar-refractivity contribution in [1.82, 2.24) is 14.8 Å². The van der Waals surface area contributed by atoms with Crippen LogP contribution in [0.5, 0.6) is 0 Å². The summed E-state index contributed by atoms with van der Waals surface area (Å²) in [5.41, 5.74) is 0.354. The summed E-state index contributed by atoms with van der Waals surface area (Å²) in [6, 6.07) is 5.50. The molecular formula is C21H18F3N5O3. The molecule has 0 fully saturated rings. The van der Waals surface area contributed by atoms with E-state index >= 15 is 0 Å². The fourth-order valence-electron chi connectivity index (χ4n) is 3.52. The normalized spacial score (nSPS) is 16.1. The van der Waals surface area contributed by atoms with Crippen LogP contribution in [0.4, 0.5) is 24.5 Å². The summed E-state index contributed by atoms with van der Waals surface area (Å²) < 4.78 is 40.0. The van der Waals surface area contributed by atoms with Gasteiger partial charge in [0.25, 0.3) is 11.8 Å². The van der Waals surface area contributed by atoms with Crippen molar-refractivity contribution < 1.29 is 27.9 Å². The van der Waals surface area contributed by atoms with Gasteiger partial charge in [-0.3, -0.25) is 19.3 Å². The van der Waals surface area contributed by atoms with E-state index in [0.717, 1.165) is 12.1 Å². The molecule has 0 bridgehead atoms. The number of carbonyl (C=O) groups excluding carboxylic acids is 2. The Balaban J connectivity index is 1.63. The van der Waals surface area contributed by atoms with Gasteiger partial charge in [0.15, 0.2) is 0 Å². The highest BCUT2D eigenvalue weighted by Gasteiger charge is 2.36. The number of nitrogens with zero attached hydrogens (tertiary/aromatic N) is 4. The second-order valence-corrected chi connectivity index (χ2v) is 7.35. The fourth-order valence-corrected chi connectivity index (χ4v) is 3.52. The second kappa shape index (κ2) is 8.08. The molecule has 3 aromatic rings. The van der Waals surface area contributed by atoms with E-state index in [1.165, 1.54) is 40.3 Å². The van der Waals surface area contributed by atoms with Crippen LogP contribution in [-0.2, 0) is 12.8 Å². The van der Waals surface area contributed by atoms with Gasteiger partial charge in [0.2, 0.25) is 0 Å². The molecule has 1 atom stereocenters. The minimum atomic E-state index is -4.48. The Labute approximate surface area is 180 Å². The van der Waals surface area contributed by atoms with Crippen molar-refractivity contribution >= 4 is 23.2 Å². The first-order valence-corrected chi connectivity index (χ1v) is 9.62. The Bertz CT molecular complexity index is 1170. The van der Waals surface area contributed by atoms with Crippen LogP contribution in [0.25, 0.3) is 0 Å². The van der Waals surface area contributed by atoms with Gasteiger partial charge in [-0.1, -0.05) is 0 Å². The minimum absolute atomic E-state index is 0.0212. The van der Waals surface area contributed by atoms with Gasteiger partial charge in [0.05, 0.1) is 41.9 Å². The molecular weight excluding hydrogens is 427 g/mol. The average Bonchev–Trinajstić information content (AvgIpc) is 3.22. The number of nitrogens with one attached hydrogen (secondary N) is 1. The number of amides is 2. The van der Waals surface area contributed by atoms with Gasteiger partial charge in [-0.05, 0) is 42.8 Å². The molecule has 11 heteroatoms. The topological polar surface area (TPSA) is 100 Å². The van der Waals surface area contributed by atoms with Gasteiger partial charge in [0.1, 0.15) is 5.69 Å². The van der Waals surface area contributed by atoms with Crippen LogP contribution >= 0.6 is 0 Å². The van der Waals surface area contributed by atoms with Crippen molar-refractivity contribution in [2.24, 2.45) is 0 Å². The highest BCUT2D eigenvalue weighted by molar-refractivity contribution is 6.15. The molecule has 1 aliphatic heterocycles. The summed E-state index contributed by atoms with van der Waals surface area (Å²) in [5.74, 6) is -1.15. The van der Waals surface area contributed by atoms with E-state index in [1.54, 1.807) is 13.0 Å². The van der Waals surface area contributed by atoms with Crippen LogP contribution in [0.1, 0.15) is 44.9 Å². The predicted octanol–water partition coefficient (Wildman–Crippen LogP) is 3.26. The maximum Gasteiger partial charge on any atom is 0.416 e. The van der Waals surface area contributed by atoms with Crippen LogP contribution in [0.2, 0.25) is 0 Å². The van der Waals surface area contributed by atoms with E-state index in [4.69, 9.17) is 0 Å². The van der Waals surface area contributed by atoms with E-state index in [-0.39, 0.29) is 36.1 Å². The van der Waals surface area contributed by atoms with E-state index in [2.05, 4.69) is 15.4 Å². The van der Waals surface area contributed by atoms with Crippen molar-refractivity contribution in [2.45, 2.75) is 25.7 Å². The third-order valence-electron chi connectivity index (χ3n) is 5.09. The van der Waals surface area contributed by atoms with Crippen molar-refractivity contribution in [3.63, 3.8) is 0 Å². The standard InChI is InChI=1S/C21H18F3N5O3/c1-12-10-28(16-4-2-14(3-5-16)21(22,23)24)20(32)18-17(9-26-29(12)18)19(31)27-15-6-13(11-30)7-25-8-15/h2-9,12,30H,10-11H2,1H3,(H,27,31). The first-order valence-electron chi connectivity index (χ1n) is 9.62. The molecule has 166 valence electrons. The zero-order chi connectivity index (χ0) is 23.0. The molecule has 0 saturated heterocycles. The maximum atomic E-state index is 13.2. The maximum absolute atomic E-state index is 13.2. The number of carbonyl (C=O) groups is 2. The van der Waals surface area contributed by atoms with Crippen molar-refractivity contribution in [3.05, 3.63) is 71.3 Å². The van der Waals surface area contributed by atoms with Gasteiger partial charge >= 0.3 is 6.18 Å². The summed E-state index contributed by atoms with van der Waals surface area (Å²) in [6.07, 6.45) is -0.362. The Hall–Kier alpha value is -3.73. The van der Waals surface area contributed by atoms with E-state index in [0.29, 0.717) is 11.3 Å². The van der Waals surface area contributed by atoms with Gasteiger partial charge in [-0.25, -0.2) is 0 Å². The van der Waals surface area contributed by atoms with Gasteiger partial charge in [0, 0.05) is 18.4 Å². The van der Waals surface area contributed by atoms with Gasteiger partial charge in [-0.15, -0.1) is 0 Å². The highest BCUT2D eigenvalue weighted by Crippen LogP contribution is 2.33. The monoisotopic (exact) mass is 445 g/mol. The fraction of sp³-hybridized carbons (Fsp3) is 0.238. The number of pyridine rings is 1. The van der Waals surface area contributed by atoms with E-state index in [1.807, 2.05) is 0 Å². The Kier molecular flexibility index (Phi) is 5.43. The molecule has 2 N–H and O–H groups in total. The molecule has 0 aliphatic carbocycles. The molecule has 2 amide bonds. The molecule has 0 saturated carbocycles. The lowest BCUT2D eigenvalue weighted by Gasteiger charge is -2.32. The van der Waals surface area contributed by atoms with Crippen molar-refractivity contribution in [3.8, 4) is 0 Å². The highest BCUT2D eigenvalue weighted by atomic mass is 19.4. The molecule has 8 nitrogen and oxygen atoms in total. The van der Waals surface area contributed by atoms with Crippen molar-refractivity contribution in [2.75, 3.05) is 16.8 Å². The van der Waals surface area contributed by atoms with Crippen molar-refractivity contribution in [1.29, 1.82) is 0 Å². The van der Waals surface area contributed by atoms with Crippen LogP contribution in [-0.4, -0.2) is 38.2 Å².